The summed E-state index contributed by atoms with van der Waals surface area (Å²) in [5.41, 5.74) is 6.12. The van der Waals surface area contributed by atoms with Gasteiger partial charge in [0.1, 0.15) is 6.61 Å². The molecule has 0 atom stereocenters. The second-order valence-electron chi connectivity index (χ2n) is 4.47. The summed E-state index contributed by atoms with van der Waals surface area (Å²) in [4.78, 5) is 17.6. The van der Waals surface area contributed by atoms with Crippen molar-refractivity contribution < 1.29 is 14.4 Å². The van der Waals surface area contributed by atoms with Crippen LogP contribution in [0, 0.1) is 0 Å². The van der Waals surface area contributed by atoms with Crippen molar-refractivity contribution in [3.05, 3.63) is 29.8 Å². The number of carbonyl (C=O) groups is 1. The van der Waals surface area contributed by atoms with Crippen molar-refractivity contribution in [2.45, 2.75) is 23.0 Å². The summed E-state index contributed by atoms with van der Waals surface area (Å²) in [6.45, 7) is 0.690. The molecule has 1 aromatic carbocycles. The number of hydrogen-bond acceptors (Lipinski definition) is 5. The number of primary amides is 1. The first-order valence-electron chi connectivity index (χ1n) is 6.46. The van der Waals surface area contributed by atoms with E-state index in [9.17, 15) is 4.79 Å². The Balaban J connectivity index is 2.02. The molecule has 0 bridgehead atoms. The van der Waals surface area contributed by atoms with Gasteiger partial charge in [-0.1, -0.05) is 17.3 Å². The van der Waals surface area contributed by atoms with Gasteiger partial charge < -0.3 is 15.3 Å². The molecule has 6 heteroatoms. The van der Waals surface area contributed by atoms with Gasteiger partial charge in [-0.05, 0) is 25.0 Å². The maximum atomic E-state index is 11.4. The first-order chi connectivity index (χ1) is 9.70. The van der Waals surface area contributed by atoms with E-state index in [1.807, 2.05) is 36.0 Å². The number of methoxy groups -OCH3 is 1. The fraction of sp³-hybridized carbons (Fsp3) is 0.429. The molecule has 0 spiro atoms. The third-order valence-corrected chi connectivity index (χ3v) is 4.07. The van der Waals surface area contributed by atoms with Gasteiger partial charge >= 0.3 is 0 Å². The third-order valence-electron chi connectivity index (χ3n) is 2.72. The highest BCUT2D eigenvalue weighted by Gasteiger charge is 2.22. The number of nitrogens with two attached hydrogens (primary N) is 1. The van der Waals surface area contributed by atoms with Gasteiger partial charge in [0.25, 0.3) is 5.91 Å². The molecular weight excluding hydrogens is 276 g/mol. The number of thioether (sulfide) groups is 1. The van der Waals surface area contributed by atoms with Crippen LogP contribution in [0.1, 0.15) is 18.4 Å². The fourth-order valence-electron chi connectivity index (χ4n) is 1.54. The highest BCUT2D eigenvalue weighted by Crippen LogP contribution is 2.38. The number of hydrogen-bond donors (Lipinski definition) is 1. The molecule has 2 rings (SSSR count). The molecule has 1 aliphatic rings. The Kier molecular flexibility index (Phi) is 5.43. The van der Waals surface area contributed by atoms with Crippen LogP contribution in [0.2, 0.25) is 0 Å². The molecule has 2 N–H and O–H groups in total. The van der Waals surface area contributed by atoms with E-state index >= 15 is 0 Å². The molecule has 5 nitrogen and oxygen atoms in total. The molecule has 1 fully saturated rings. The summed E-state index contributed by atoms with van der Waals surface area (Å²) in [6, 6.07) is 7.64. The maximum absolute atomic E-state index is 11.4. The van der Waals surface area contributed by atoms with E-state index in [0.29, 0.717) is 12.2 Å². The summed E-state index contributed by atoms with van der Waals surface area (Å²) >= 11 is 1.86. The number of nitrogens with zero attached hydrogens (tertiary/aromatic N) is 1. The summed E-state index contributed by atoms with van der Waals surface area (Å²) in [5, 5.41) is 4.54. The number of ether oxygens (including phenoxy) is 1. The van der Waals surface area contributed by atoms with Gasteiger partial charge in [0.2, 0.25) is 0 Å². The van der Waals surface area contributed by atoms with Crippen molar-refractivity contribution in [3.63, 3.8) is 0 Å². The SMILES string of the molecule is COCCO/N=C(/C(N)=O)c1ccc(SC2CC2)cc1. The van der Waals surface area contributed by atoms with Crippen LogP contribution in [-0.2, 0) is 14.4 Å². The predicted octanol–water partition coefficient (Wildman–Crippen LogP) is 1.79. The lowest BCUT2D eigenvalue weighted by Crippen LogP contribution is -2.24. The molecule has 0 unspecified atom stereocenters. The van der Waals surface area contributed by atoms with Gasteiger partial charge in [-0.2, -0.15) is 0 Å². The highest BCUT2D eigenvalue weighted by atomic mass is 32.2. The number of benzene rings is 1. The van der Waals surface area contributed by atoms with E-state index in [1.54, 1.807) is 7.11 Å². The Morgan fingerprint density at radius 3 is 2.60 bits per heavy atom. The van der Waals surface area contributed by atoms with E-state index in [0.717, 1.165) is 5.25 Å². The normalized spacial score (nSPS) is 15.2. The van der Waals surface area contributed by atoms with Crippen LogP contribution in [0.3, 0.4) is 0 Å². The number of oxime groups is 1. The number of carbonyl (C=O) groups excluding carboxylic acids is 1. The largest absolute Gasteiger partial charge is 0.393 e. The molecule has 1 saturated carbocycles. The summed E-state index contributed by atoms with van der Waals surface area (Å²) in [6.07, 6.45) is 2.57. The van der Waals surface area contributed by atoms with Crippen LogP contribution < -0.4 is 5.73 Å². The smallest absolute Gasteiger partial charge is 0.271 e. The van der Waals surface area contributed by atoms with Crippen LogP contribution in [0.5, 0.6) is 0 Å². The zero-order valence-electron chi connectivity index (χ0n) is 11.4. The fourth-order valence-corrected chi connectivity index (χ4v) is 2.59. The van der Waals surface area contributed by atoms with Crippen molar-refractivity contribution in [2.75, 3.05) is 20.3 Å². The third kappa shape index (κ3) is 4.54. The Bertz CT molecular complexity index is 484. The lowest BCUT2D eigenvalue weighted by molar-refractivity contribution is -0.112. The molecule has 20 heavy (non-hydrogen) atoms. The van der Waals surface area contributed by atoms with Crippen LogP contribution >= 0.6 is 11.8 Å². The van der Waals surface area contributed by atoms with E-state index in [1.165, 1.54) is 17.7 Å². The Morgan fingerprint density at radius 1 is 1.35 bits per heavy atom. The molecule has 0 saturated heterocycles. The van der Waals surface area contributed by atoms with Crippen molar-refractivity contribution >= 4 is 23.4 Å². The van der Waals surface area contributed by atoms with Crippen LogP contribution in [0.25, 0.3) is 0 Å². The summed E-state index contributed by atoms with van der Waals surface area (Å²) in [5.74, 6) is -0.606. The van der Waals surface area contributed by atoms with Crippen molar-refractivity contribution in [1.82, 2.24) is 0 Å². The van der Waals surface area contributed by atoms with Gasteiger partial charge in [0.05, 0.1) is 6.61 Å². The first kappa shape index (κ1) is 14.9. The Labute approximate surface area is 122 Å². The second-order valence-corrected chi connectivity index (χ2v) is 5.85. The van der Waals surface area contributed by atoms with Crippen molar-refractivity contribution in [3.8, 4) is 0 Å². The Hall–Kier alpha value is -1.53. The van der Waals surface area contributed by atoms with Gasteiger partial charge in [-0.15, -0.1) is 11.8 Å². The van der Waals surface area contributed by atoms with E-state index < -0.39 is 5.91 Å². The van der Waals surface area contributed by atoms with E-state index in [4.69, 9.17) is 15.3 Å². The molecule has 0 heterocycles. The molecule has 1 amide bonds. The second kappa shape index (κ2) is 7.31. The molecule has 0 radical (unpaired) electrons. The molecule has 1 aliphatic carbocycles. The quantitative estimate of drug-likeness (QED) is 0.451. The average Bonchev–Trinajstić information content (AvgIpc) is 3.24. The standard InChI is InChI=1S/C14H18N2O3S/c1-18-8-9-19-16-13(14(15)17)10-2-4-11(5-3-10)20-12-6-7-12/h2-5,12H,6-9H2,1H3,(H2,15,17)/b16-13+. The lowest BCUT2D eigenvalue weighted by atomic mass is 10.1. The summed E-state index contributed by atoms with van der Waals surface area (Å²) in [7, 11) is 1.57. The molecule has 108 valence electrons. The zero-order valence-corrected chi connectivity index (χ0v) is 12.2. The molecule has 0 aromatic heterocycles. The van der Waals surface area contributed by atoms with Crippen molar-refractivity contribution in [1.29, 1.82) is 0 Å². The highest BCUT2D eigenvalue weighted by molar-refractivity contribution is 8.00. The predicted molar refractivity (Wildman–Crippen MR) is 78.9 cm³/mol. The first-order valence-corrected chi connectivity index (χ1v) is 7.34. The van der Waals surface area contributed by atoms with Gasteiger partial charge in [-0.25, -0.2) is 0 Å². The number of amides is 1. The van der Waals surface area contributed by atoms with Crippen LogP contribution in [0.4, 0.5) is 0 Å². The van der Waals surface area contributed by atoms with Gasteiger partial charge in [-0.3, -0.25) is 4.79 Å². The van der Waals surface area contributed by atoms with Crippen molar-refractivity contribution in [2.24, 2.45) is 10.9 Å². The molecule has 1 aromatic rings. The maximum Gasteiger partial charge on any atom is 0.271 e. The zero-order chi connectivity index (χ0) is 14.4. The van der Waals surface area contributed by atoms with Crippen LogP contribution in [0.15, 0.2) is 34.3 Å². The summed E-state index contributed by atoms with van der Waals surface area (Å²) < 4.78 is 4.84. The van der Waals surface area contributed by atoms with Gasteiger partial charge in [0, 0.05) is 22.8 Å². The monoisotopic (exact) mass is 294 g/mol. The minimum atomic E-state index is -0.606. The van der Waals surface area contributed by atoms with E-state index in [-0.39, 0.29) is 12.3 Å². The topological polar surface area (TPSA) is 73.9 Å². The lowest BCUT2D eigenvalue weighted by Gasteiger charge is -2.05. The average molecular weight is 294 g/mol. The number of rotatable bonds is 8. The minimum Gasteiger partial charge on any atom is -0.393 e. The Morgan fingerprint density at radius 2 is 2.05 bits per heavy atom. The van der Waals surface area contributed by atoms with Gasteiger partial charge in [0.15, 0.2) is 5.71 Å². The minimum absolute atomic E-state index is 0.129. The molecular formula is C14H18N2O3S. The van der Waals surface area contributed by atoms with E-state index in [2.05, 4.69) is 5.16 Å². The van der Waals surface area contributed by atoms with Crippen LogP contribution in [-0.4, -0.2) is 37.2 Å². The molecule has 0 aliphatic heterocycles.